The van der Waals surface area contributed by atoms with E-state index in [9.17, 15) is 0 Å². The molecule has 0 fully saturated rings. The Labute approximate surface area is 65.9 Å². The van der Waals surface area contributed by atoms with Gasteiger partial charge in [-0.15, -0.1) is 0 Å². The summed E-state index contributed by atoms with van der Waals surface area (Å²) in [5.41, 5.74) is 1.77. The van der Waals surface area contributed by atoms with Crippen LogP contribution < -0.4 is 5.32 Å². The fourth-order valence-corrected chi connectivity index (χ4v) is 0.652. The normalized spacial score (nSPS) is 8.73. The minimum Gasteiger partial charge on any atom is -0.340 e. The summed E-state index contributed by atoms with van der Waals surface area (Å²) in [6.07, 6.45) is 8.42. The van der Waals surface area contributed by atoms with Gasteiger partial charge >= 0.3 is 0 Å². The summed E-state index contributed by atoms with van der Waals surface area (Å²) < 4.78 is 0. The third kappa shape index (κ3) is 2.26. The number of aryl methyl sites for hydroxylation is 1. The van der Waals surface area contributed by atoms with Crippen LogP contribution in [-0.2, 0) is 6.54 Å². The number of hydrogen-bond donors (Lipinski definition) is 1. The minimum atomic E-state index is 0.573. The lowest BCUT2D eigenvalue weighted by atomic mass is 10.4. The Balaban J connectivity index is 2.60. The third-order valence-electron chi connectivity index (χ3n) is 1.21. The van der Waals surface area contributed by atoms with E-state index in [0.717, 1.165) is 11.4 Å². The molecule has 1 rings (SSSR count). The number of hydrogen-bond acceptors (Lipinski definition) is 3. The average molecular weight is 147 g/mol. The Kier molecular flexibility index (Phi) is 2.45. The van der Waals surface area contributed by atoms with Gasteiger partial charge in [-0.25, -0.2) is 0 Å². The first-order chi connectivity index (χ1) is 5.33. The van der Waals surface area contributed by atoms with Crippen LogP contribution in [0.15, 0.2) is 12.4 Å². The Bertz CT molecular complexity index is 258. The highest BCUT2D eigenvalue weighted by Crippen LogP contribution is 1.92. The monoisotopic (exact) mass is 147 g/mol. The lowest BCUT2D eigenvalue weighted by Crippen LogP contribution is -2.06. The van der Waals surface area contributed by atoms with Crippen LogP contribution in [0.2, 0.25) is 0 Å². The van der Waals surface area contributed by atoms with Gasteiger partial charge in [-0.05, 0) is 6.92 Å². The molecule has 0 unspecified atom stereocenters. The first-order valence-corrected chi connectivity index (χ1v) is 3.29. The zero-order chi connectivity index (χ0) is 8.10. The van der Waals surface area contributed by atoms with Gasteiger partial charge in [-0.2, -0.15) is 0 Å². The van der Waals surface area contributed by atoms with Gasteiger partial charge in [0.25, 0.3) is 0 Å². The number of rotatable bonds is 2. The lowest BCUT2D eigenvalue weighted by molar-refractivity contribution is 0.845. The maximum Gasteiger partial charge on any atom is 0.0784 e. The highest BCUT2D eigenvalue weighted by Gasteiger charge is 1.91. The largest absolute Gasteiger partial charge is 0.340 e. The highest BCUT2D eigenvalue weighted by atomic mass is 14.9. The lowest BCUT2D eigenvalue weighted by Gasteiger charge is -1.97. The van der Waals surface area contributed by atoms with E-state index in [-0.39, 0.29) is 0 Å². The molecule has 11 heavy (non-hydrogen) atoms. The highest BCUT2D eigenvalue weighted by molar-refractivity contribution is 5.01. The van der Waals surface area contributed by atoms with Crippen LogP contribution in [0.1, 0.15) is 11.4 Å². The summed E-state index contributed by atoms with van der Waals surface area (Å²) in [6, 6.07) is 2.31. The molecule has 56 valence electrons. The molecule has 0 atom stereocenters. The van der Waals surface area contributed by atoms with E-state index in [1.807, 2.05) is 6.92 Å². The van der Waals surface area contributed by atoms with Crippen molar-refractivity contribution in [3.05, 3.63) is 23.8 Å². The molecule has 0 aliphatic rings. The summed E-state index contributed by atoms with van der Waals surface area (Å²) in [5.74, 6) is 0. The molecular weight excluding hydrogens is 138 g/mol. The van der Waals surface area contributed by atoms with Gasteiger partial charge in [0.2, 0.25) is 0 Å². The summed E-state index contributed by atoms with van der Waals surface area (Å²) >= 11 is 0. The second kappa shape index (κ2) is 3.57. The molecule has 1 aromatic rings. The van der Waals surface area contributed by atoms with Gasteiger partial charge in [0.15, 0.2) is 0 Å². The quantitative estimate of drug-likeness (QED) is 0.488. The van der Waals surface area contributed by atoms with E-state index in [2.05, 4.69) is 21.3 Å². The predicted molar refractivity (Wildman–Crippen MR) is 42.4 cm³/mol. The molecule has 0 aliphatic carbocycles. The van der Waals surface area contributed by atoms with E-state index in [4.69, 9.17) is 6.42 Å². The van der Waals surface area contributed by atoms with E-state index >= 15 is 0 Å². The van der Waals surface area contributed by atoms with Gasteiger partial charge in [0.1, 0.15) is 0 Å². The van der Waals surface area contributed by atoms with E-state index < -0.39 is 0 Å². The molecule has 0 aromatic carbocycles. The van der Waals surface area contributed by atoms with Crippen LogP contribution in [0.25, 0.3) is 0 Å². The third-order valence-corrected chi connectivity index (χ3v) is 1.21. The van der Waals surface area contributed by atoms with Crippen molar-refractivity contribution in [1.82, 2.24) is 15.3 Å². The summed E-state index contributed by atoms with van der Waals surface area (Å²) in [7, 11) is 0. The number of terminal acetylenes is 1. The minimum absolute atomic E-state index is 0.573. The van der Waals surface area contributed by atoms with E-state index in [1.165, 1.54) is 0 Å². The first-order valence-electron chi connectivity index (χ1n) is 3.29. The van der Waals surface area contributed by atoms with Crippen LogP contribution in [-0.4, -0.2) is 9.97 Å². The Morgan fingerprint density at radius 1 is 1.55 bits per heavy atom. The Morgan fingerprint density at radius 3 is 2.91 bits per heavy atom. The van der Waals surface area contributed by atoms with Gasteiger partial charge in [0, 0.05) is 12.2 Å². The number of nitrogens with zero attached hydrogens (tertiary/aromatic N) is 2. The summed E-state index contributed by atoms with van der Waals surface area (Å²) in [4.78, 5) is 8.16. The SMILES string of the molecule is C#CNCc1cnc(C)cn1. The second-order valence-electron chi connectivity index (χ2n) is 2.15. The maximum atomic E-state index is 5.00. The van der Waals surface area contributed by atoms with Crippen LogP contribution in [0.3, 0.4) is 0 Å². The number of nitrogens with one attached hydrogen (secondary N) is 1. The zero-order valence-corrected chi connectivity index (χ0v) is 6.33. The summed E-state index contributed by atoms with van der Waals surface area (Å²) in [5, 5.41) is 2.71. The molecule has 0 radical (unpaired) electrons. The molecule has 0 spiro atoms. The molecule has 0 saturated heterocycles. The maximum absolute atomic E-state index is 5.00. The van der Waals surface area contributed by atoms with Crippen molar-refractivity contribution in [2.24, 2.45) is 0 Å². The average Bonchev–Trinajstić information content (AvgIpc) is 2.04. The Hall–Kier alpha value is -1.56. The first kappa shape index (κ1) is 7.55. The standard InChI is InChI=1S/C8H9N3/c1-3-9-5-8-6-10-7(2)4-11-8/h1,4,6,9H,5H2,2H3. The fourth-order valence-electron chi connectivity index (χ4n) is 0.652. The topological polar surface area (TPSA) is 37.8 Å². The van der Waals surface area contributed by atoms with Gasteiger partial charge < -0.3 is 5.32 Å². The Morgan fingerprint density at radius 2 is 2.36 bits per heavy atom. The second-order valence-corrected chi connectivity index (χ2v) is 2.15. The molecule has 0 aliphatic heterocycles. The number of aromatic nitrogens is 2. The molecule has 0 saturated carbocycles. The van der Waals surface area contributed by atoms with Crippen molar-refractivity contribution in [2.75, 3.05) is 0 Å². The van der Waals surface area contributed by atoms with Crippen LogP contribution in [0.5, 0.6) is 0 Å². The smallest absolute Gasteiger partial charge is 0.0784 e. The molecule has 1 N–H and O–H groups in total. The van der Waals surface area contributed by atoms with Gasteiger partial charge in [-0.1, -0.05) is 6.42 Å². The molecule has 0 bridgehead atoms. The summed E-state index contributed by atoms with van der Waals surface area (Å²) in [6.45, 7) is 2.47. The molecule has 1 aromatic heterocycles. The molecule has 1 heterocycles. The zero-order valence-electron chi connectivity index (χ0n) is 6.33. The van der Waals surface area contributed by atoms with Crippen LogP contribution >= 0.6 is 0 Å². The van der Waals surface area contributed by atoms with E-state index in [1.54, 1.807) is 12.4 Å². The van der Waals surface area contributed by atoms with Crippen LogP contribution in [0, 0.1) is 19.4 Å². The van der Waals surface area contributed by atoms with Crippen molar-refractivity contribution in [2.45, 2.75) is 13.5 Å². The van der Waals surface area contributed by atoms with Crippen molar-refractivity contribution in [3.8, 4) is 12.5 Å². The van der Waals surface area contributed by atoms with Crippen molar-refractivity contribution < 1.29 is 0 Å². The van der Waals surface area contributed by atoms with Crippen molar-refractivity contribution >= 4 is 0 Å². The van der Waals surface area contributed by atoms with Crippen molar-refractivity contribution in [1.29, 1.82) is 0 Å². The molecule has 3 nitrogen and oxygen atoms in total. The van der Waals surface area contributed by atoms with Gasteiger partial charge in [-0.3, -0.25) is 9.97 Å². The molecular formula is C8H9N3. The fraction of sp³-hybridized carbons (Fsp3) is 0.250. The molecule has 0 amide bonds. The van der Waals surface area contributed by atoms with E-state index in [0.29, 0.717) is 6.54 Å². The predicted octanol–water partition coefficient (Wildman–Crippen LogP) is 0.465. The molecule has 3 heteroatoms. The van der Waals surface area contributed by atoms with Crippen LogP contribution in [0.4, 0.5) is 0 Å². The van der Waals surface area contributed by atoms with Gasteiger partial charge in [0.05, 0.1) is 24.1 Å². The van der Waals surface area contributed by atoms with Crippen molar-refractivity contribution in [3.63, 3.8) is 0 Å².